The Kier molecular flexibility index (Phi) is 5.54. The van der Waals surface area contributed by atoms with Crippen molar-refractivity contribution in [2.45, 2.75) is 19.4 Å². The van der Waals surface area contributed by atoms with E-state index in [0.717, 1.165) is 16.8 Å². The van der Waals surface area contributed by atoms with Crippen LogP contribution in [0.25, 0.3) is 6.08 Å². The van der Waals surface area contributed by atoms with Gasteiger partial charge in [0.15, 0.2) is 23.0 Å². The van der Waals surface area contributed by atoms with Gasteiger partial charge in [0.1, 0.15) is 0 Å². The number of carbonyl (C=O) groups excluding carboxylic acids is 1. The molecule has 2 N–H and O–H groups in total. The van der Waals surface area contributed by atoms with E-state index in [0.29, 0.717) is 17.9 Å². The molecule has 1 atom stereocenters. The monoisotopic (exact) mass is 382 g/mol. The number of ether oxygens (including phenoxy) is 2. The van der Waals surface area contributed by atoms with Crippen molar-refractivity contribution in [3.05, 3.63) is 53.6 Å². The maximum absolute atomic E-state index is 12.1. The Morgan fingerprint density at radius 1 is 1.07 bits per heavy atom. The second-order valence-electron chi connectivity index (χ2n) is 6.37. The number of amides is 1. The fourth-order valence-corrected chi connectivity index (χ4v) is 3.08. The number of aromatic hydroxyl groups is 2. The highest BCUT2D eigenvalue weighted by Crippen LogP contribution is 2.36. The second kappa shape index (κ2) is 8.04. The molecule has 146 valence electrons. The summed E-state index contributed by atoms with van der Waals surface area (Å²) in [5, 5.41) is 25.4. The molecular weight excluding hydrogens is 360 g/mol. The standard InChI is InChI=1S/C21H22N2O5/c1-13(24)23-17(15-6-9-19(26)21(11-15)28-3)12-16(22-23)7-4-14-5-8-18(25)20(10-14)27-2/h4-11,17,25-26H,12H2,1-3H3/b7-4+. The SMILES string of the molecule is COc1cc(/C=C/C2=NN(C(C)=O)C(c3ccc(O)c(OC)c3)C2)ccc1O. The minimum atomic E-state index is -0.277. The Labute approximate surface area is 163 Å². The van der Waals surface area contributed by atoms with Crippen LogP contribution < -0.4 is 9.47 Å². The summed E-state index contributed by atoms with van der Waals surface area (Å²) < 4.78 is 10.3. The molecule has 0 spiro atoms. The van der Waals surface area contributed by atoms with Crippen LogP contribution in [0.5, 0.6) is 23.0 Å². The molecule has 28 heavy (non-hydrogen) atoms. The summed E-state index contributed by atoms with van der Waals surface area (Å²) in [5.74, 6) is 0.672. The van der Waals surface area contributed by atoms with E-state index in [4.69, 9.17) is 9.47 Å². The fraction of sp³-hybridized carbons (Fsp3) is 0.238. The molecule has 0 saturated heterocycles. The van der Waals surface area contributed by atoms with Gasteiger partial charge in [-0.1, -0.05) is 18.2 Å². The quantitative estimate of drug-likeness (QED) is 0.826. The first kappa shape index (κ1) is 19.3. The lowest BCUT2D eigenvalue weighted by Gasteiger charge is -2.21. The molecule has 0 radical (unpaired) electrons. The van der Waals surface area contributed by atoms with E-state index in [1.165, 1.54) is 26.2 Å². The minimum absolute atomic E-state index is 0.0425. The van der Waals surface area contributed by atoms with Crippen molar-refractivity contribution >= 4 is 17.7 Å². The van der Waals surface area contributed by atoms with E-state index in [1.54, 1.807) is 36.4 Å². The third-order valence-electron chi connectivity index (χ3n) is 4.52. The van der Waals surface area contributed by atoms with Crippen LogP contribution in [-0.2, 0) is 4.79 Å². The maximum atomic E-state index is 12.1. The van der Waals surface area contributed by atoms with Crippen molar-refractivity contribution in [2.75, 3.05) is 14.2 Å². The van der Waals surface area contributed by atoms with Crippen LogP contribution >= 0.6 is 0 Å². The lowest BCUT2D eigenvalue weighted by molar-refractivity contribution is -0.130. The Morgan fingerprint density at radius 2 is 1.71 bits per heavy atom. The van der Waals surface area contributed by atoms with Crippen LogP contribution in [-0.4, -0.2) is 41.1 Å². The normalized spacial score (nSPS) is 16.3. The molecule has 7 nitrogen and oxygen atoms in total. The number of phenols is 2. The summed E-state index contributed by atoms with van der Waals surface area (Å²) in [6.07, 6.45) is 4.21. The highest BCUT2D eigenvalue weighted by atomic mass is 16.5. The minimum Gasteiger partial charge on any atom is -0.504 e. The molecule has 1 aliphatic rings. The molecule has 7 heteroatoms. The molecule has 0 bridgehead atoms. The second-order valence-corrected chi connectivity index (χ2v) is 6.37. The molecule has 0 aromatic heterocycles. The van der Waals surface area contributed by atoms with Gasteiger partial charge in [-0.05, 0) is 41.5 Å². The van der Waals surface area contributed by atoms with Gasteiger partial charge in [0.05, 0.1) is 26.0 Å². The Balaban J connectivity index is 1.84. The van der Waals surface area contributed by atoms with Gasteiger partial charge >= 0.3 is 0 Å². The molecule has 1 heterocycles. The number of phenolic OH excluding ortho intramolecular Hbond substituents is 2. The van der Waals surface area contributed by atoms with Crippen LogP contribution in [0.1, 0.15) is 30.5 Å². The fourth-order valence-electron chi connectivity index (χ4n) is 3.08. The third-order valence-corrected chi connectivity index (χ3v) is 4.52. The number of carbonyl (C=O) groups is 1. The summed E-state index contributed by atoms with van der Waals surface area (Å²) in [5.41, 5.74) is 2.39. The number of methoxy groups -OCH3 is 2. The molecule has 2 aromatic carbocycles. The Bertz CT molecular complexity index is 952. The molecule has 1 aliphatic heterocycles. The number of rotatable bonds is 5. The van der Waals surface area contributed by atoms with E-state index in [2.05, 4.69) is 5.10 Å². The summed E-state index contributed by atoms with van der Waals surface area (Å²) in [6.45, 7) is 1.46. The molecule has 1 unspecified atom stereocenters. The van der Waals surface area contributed by atoms with Crippen molar-refractivity contribution in [1.82, 2.24) is 5.01 Å². The average Bonchev–Trinajstić information content (AvgIpc) is 3.12. The number of allylic oxidation sites excluding steroid dienone is 1. The summed E-state index contributed by atoms with van der Waals surface area (Å²) in [6, 6.07) is 9.77. The van der Waals surface area contributed by atoms with E-state index in [1.807, 2.05) is 12.2 Å². The number of hydrogen-bond acceptors (Lipinski definition) is 6. The predicted octanol–water partition coefficient (Wildman–Crippen LogP) is 3.48. The molecule has 3 rings (SSSR count). The summed E-state index contributed by atoms with van der Waals surface area (Å²) in [7, 11) is 2.97. The number of hydrazone groups is 1. The highest BCUT2D eigenvalue weighted by molar-refractivity contribution is 6.01. The van der Waals surface area contributed by atoms with Gasteiger partial charge in [0.2, 0.25) is 5.91 Å². The van der Waals surface area contributed by atoms with Gasteiger partial charge < -0.3 is 19.7 Å². The van der Waals surface area contributed by atoms with Crippen LogP contribution in [0.15, 0.2) is 47.6 Å². The molecular formula is C21H22N2O5. The van der Waals surface area contributed by atoms with Crippen LogP contribution in [0, 0.1) is 0 Å². The van der Waals surface area contributed by atoms with E-state index in [9.17, 15) is 15.0 Å². The van der Waals surface area contributed by atoms with Gasteiger partial charge in [-0.15, -0.1) is 0 Å². The van der Waals surface area contributed by atoms with Crippen LogP contribution in [0.4, 0.5) is 0 Å². The maximum Gasteiger partial charge on any atom is 0.240 e. The number of hydrogen-bond donors (Lipinski definition) is 2. The first-order valence-corrected chi connectivity index (χ1v) is 8.72. The highest BCUT2D eigenvalue weighted by Gasteiger charge is 2.30. The van der Waals surface area contributed by atoms with Gasteiger partial charge in [-0.25, -0.2) is 5.01 Å². The molecule has 0 aliphatic carbocycles. The Morgan fingerprint density at radius 3 is 2.36 bits per heavy atom. The van der Waals surface area contributed by atoms with Gasteiger partial charge in [0.25, 0.3) is 0 Å². The van der Waals surface area contributed by atoms with Crippen molar-refractivity contribution in [1.29, 1.82) is 0 Å². The molecule has 2 aromatic rings. The lowest BCUT2D eigenvalue weighted by atomic mass is 10.0. The largest absolute Gasteiger partial charge is 0.504 e. The Hall–Kier alpha value is -3.48. The average molecular weight is 382 g/mol. The smallest absolute Gasteiger partial charge is 0.240 e. The molecule has 1 amide bonds. The zero-order valence-corrected chi connectivity index (χ0v) is 15.9. The van der Waals surface area contributed by atoms with Crippen LogP contribution in [0.2, 0.25) is 0 Å². The van der Waals surface area contributed by atoms with Gasteiger partial charge in [-0.3, -0.25) is 4.79 Å². The van der Waals surface area contributed by atoms with Crippen LogP contribution in [0.3, 0.4) is 0 Å². The lowest BCUT2D eigenvalue weighted by Crippen LogP contribution is -2.24. The first-order valence-electron chi connectivity index (χ1n) is 8.72. The van der Waals surface area contributed by atoms with Crippen molar-refractivity contribution < 1.29 is 24.5 Å². The third kappa shape index (κ3) is 3.93. The predicted molar refractivity (Wildman–Crippen MR) is 106 cm³/mol. The number of benzene rings is 2. The van der Waals surface area contributed by atoms with Crippen molar-refractivity contribution in [3.63, 3.8) is 0 Å². The summed E-state index contributed by atoms with van der Waals surface area (Å²) >= 11 is 0. The topological polar surface area (TPSA) is 91.6 Å². The van der Waals surface area contributed by atoms with Gasteiger partial charge in [0, 0.05) is 13.3 Å². The first-order chi connectivity index (χ1) is 13.4. The van der Waals surface area contributed by atoms with E-state index in [-0.39, 0.29) is 23.4 Å². The molecule has 0 saturated carbocycles. The van der Waals surface area contributed by atoms with E-state index >= 15 is 0 Å². The molecule has 0 fully saturated rings. The van der Waals surface area contributed by atoms with Crippen molar-refractivity contribution in [2.24, 2.45) is 5.10 Å². The van der Waals surface area contributed by atoms with E-state index < -0.39 is 0 Å². The van der Waals surface area contributed by atoms with Crippen molar-refractivity contribution in [3.8, 4) is 23.0 Å². The number of nitrogens with zero attached hydrogens (tertiary/aromatic N) is 2. The zero-order valence-electron chi connectivity index (χ0n) is 15.9. The van der Waals surface area contributed by atoms with Gasteiger partial charge in [-0.2, -0.15) is 5.10 Å². The summed E-state index contributed by atoms with van der Waals surface area (Å²) in [4.78, 5) is 12.1. The zero-order chi connectivity index (χ0) is 20.3.